The molecule has 0 heterocycles. The van der Waals surface area contributed by atoms with E-state index in [1.165, 1.54) is 34.9 Å². The second-order valence-corrected chi connectivity index (χ2v) is 5.42. The molecule has 1 N–H and O–H groups in total. The molecule has 0 spiro atoms. The van der Waals surface area contributed by atoms with Gasteiger partial charge in [0.2, 0.25) is 0 Å². The summed E-state index contributed by atoms with van der Waals surface area (Å²) in [5.74, 6) is 0.928. The van der Waals surface area contributed by atoms with E-state index in [-0.39, 0.29) is 0 Å². The van der Waals surface area contributed by atoms with Crippen molar-refractivity contribution in [2.75, 3.05) is 6.61 Å². The number of hydrogen-bond acceptors (Lipinski definition) is 1. The largest absolute Gasteiger partial charge is 0.396 e. The predicted octanol–water partition coefficient (Wildman–Crippen LogP) is 3.50. The van der Waals surface area contributed by atoms with E-state index in [0.29, 0.717) is 18.4 Å². The van der Waals surface area contributed by atoms with Crippen LogP contribution in [-0.4, -0.2) is 11.7 Å². The molecule has 82 valence electrons. The van der Waals surface area contributed by atoms with Crippen molar-refractivity contribution in [2.24, 2.45) is 5.92 Å². The highest BCUT2D eigenvalue weighted by Gasteiger charge is 2.24. The molecule has 0 saturated heterocycles. The monoisotopic (exact) mass is 268 g/mol. The van der Waals surface area contributed by atoms with Gasteiger partial charge in [-0.25, -0.2) is 0 Å². The van der Waals surface area contributed by atoms with Gasteiger partial charge in [0.15, 0.2) is 0 Å². The number of aliphatic hydroxyl groups excluding tert-OH is 1. The molecule has 0 aromatic heterocycles. The zero-order valence-corrected chi connectivity index (χ0v) is 10.6. The van der Waals surface area contributed by atoms with Crippen LogP contribution in [0.1, 0.15) is 36.8 Å². The highest BCUT2D eigenvalue weighted by Crippen LogP contribution is 2.37. The number of halogens is 1. The van der Waals surface area contributed by atoms with Gasteiger partial charge >= 0.3 is 0 Å². The molecule has 0 amide bonds. The molecule has 1 nitrogen and oxygen atoms in total. The van der Waals surface area contributed by atoms with Crippen LogP contribution in [0, 0.1) is 5.92 Å². The first-order valence-electron chi connectivity index (χ1n) is 5.61. The van der Waals surface area contributed by atoms with Crippen molar-refractivity contribution in [3.63, 3.8) is 0 Å². The Morgan fingerprint density at radius 2 is 2.33 bits per heavy atom. The Morgan fingerprint density at radius 3 is 3.07 bits per heavy atom. The molecule has 2 atom stereocenters. The molecular formula is C13H17BrO. The number of aryl methyl sites for hydroxylation is 1. The molecule has 2 heteroatoms. The smallest absolute Gasteiger partial charge is 0.0462 e. The zero-order valence-electron chi connectivity index (χ0n) is 9.04. The highest BCUT2D eigenvalue weighted by atomic mass is 79.9. The van der Waals surface area contributed by atoms with Gasteiger partial charge in [-0.15, -0.1) is 0 Å². The fourth-order valence-corrected chi connectivity index (χ4v) is 2.95. The van der Waals surface area contributed by atoms with E-state index in [2.05, 4.69) is 41.1 Å². The summed E-state index contributed by atoms with van der Waals surface area (Å²) in [7, 11) is 0. The summed E-state index contributed by atoms with van der Waals surface area (Å²) >= 11 is 3.52. The number of hydrogen-bond donors (Lipinski definition) is 1. The predicted molar refractivity (Wildman–Crippen MR) is 66.1 cm³/mol. The maximum atomic E-state index is 9.26. The molecule has 1 aromatic carbocycles. The van der Waals surface area contributed by atoms with Crippen molar-refractivity contribution in [2.45, 2.75) is 32.1 Å². The summed E-state index contributed by atoms with van der Waals surface area (Å²) in [6.07, 6.45) is 3.65. The van der Waals surface area contributed by atoms with Crippen LogP contribution in [0.4, 0.5) is 0 Å². The third-order valence-corrected chi connectivity index (χ3v) is 3.93. The molecule has 0 radical (unpaired) electrons. The van der Waals surface area contributed by atoms with Crippen LogP contribution in [0.15, 0.2) is 22.7 Å². The van der Waals surface area contributed by atoms with E-state index in [1.54, 1.807) is 0 Å². The Labute approximate surface area is 99.6 Å². The molecule has 0 saturated carbocycles. The van der Waals surface area contributed by atoms with Gasteiger partial charge in [0.1, 0.15) is 0 Å². The normalized spacial score (nSPS) is 22.2. The van der Waals surface area contributed by atoms with Crippen molar-refractivity contribution in [3.05, 3.63) is 33.8 Å². The summed E-state index contributed by atoms with van der Waals surface area (Å²) in [5.41, 5.74) is 2.91. The minimum atomic E-state index is 0.292. The van der Waals surface area contributed by atoms with E-state index in [0.717, 1.165) is 0 Å². The van der Waals surface area contributed by atoms with Crippen molar-refractivity contribution < 1.29 is 5.11 Å². The maximum Gasteiger partial charge on any atom is 0.0462 e. The first-order chi connectivity index (χ1) is 7.22. The van der Waals surface area contributed by atoms with Crippen LogP contribution in [0.5, 0.6) is 0 Å². The SMILES string of the molecule is CC(CO)C1CCCc2cc(Br)ccc21. The van der Waals surface area contributed by atoms with E-state index in [9.17, 15) is 5.11 Å². The Kier molecular flexibility index (Phi) is 3.47. The number of rotatable bonds is 2. The average molecular weight is 269 g/mol. The standard InChI is InChI=1S/C13H17BrO/c1-9(8-15)12-4-2-3-10-7-11(14)5-6-13(10)12/h5-7,9,12,15H,2-4,8H2,1H3. The lowest BCUT2D eigenvalue weighted by Gasteiger charge is -2.29. The number of benzene rings is 1. The first kappa shape index (κ1) is 11.2. The summed E-state index contributed by atoms with van der Waals surface area (Å²) in [6, 6.07) is 6.56. The minimum absolute atomic E-state index is 0.292. The molecule has 1 aliphatic rings. The lowest BCUT2D eigenvalue weighted by molar-refractivity contribution is 0.208. The van der Waals surface area contributed by atoms with E-state index in [4.69, 9.17) is 0 Å². The Bertz CT molecular complexity index is 348. The van der Waals surface area contributed by atoms with Gasteiger partial charge in [0.05, 0.1) is 0 Å². The van der Waals surface area contributed by atoms with Gasteiger partial charge < -0.3 is 5.11 Å². The summed E-state index contributed by atoms with van der Waals surface area (Å²) in [5, 5.41) is 9.26. The molecule has 0 fully saturated rings. The van der Waals surface area contributed by atoms with Crippen molar-refractivity contribution in [3.8, 4) is 0 Å². The molecule has 2 rings (SSSR count). The Balaban J connectivity index is 2.34. The summed E-state index contributed by atoms with van der Waals surface area (Å²) in [4.78, 5) is 0. The third kappa shape index (κ3) is 2.26. The molecule has 0 bridgehead atoms. The van der Waals surface area contributed by atoms with Gasteiger partial charge in [-0.3, -0.25) is 0 Å². The fraction of sp³-hybridized carbons (Fsp3) is 0.538. The van der Waals surface area contributed by atoms with Gasteiger partial charge in [-0.1, -0.05) is 28.9 Å². The zero-order chi connectivity index (χ0) is 10.8. The van der Waals surface area contributed by atoms with Gasteiger partial charge in [-0.2, -0.15) is 0 Å². The lowest BCUT2D eigenvalue weighted by Crippen LogP contribution is -2.19. The topological polar surface area (TPSA) is 20.2 Å². The molecule has 15 heavy (non-hydrogen) atoms. The van der Waals surface area contributed by atoms with Crippen molar-refractivity contribution in [1.29, 1.82) is 0 Å². The van der Waals surface area contributed by atoms with Gasteiger partial charge in [0.25, 0.3) is 0 Å². The van der Waals surface area contributed by atoms with Gasteiger partial charge in [0, 0.05) is 11.1 Å². The van der Waals surface area contributed by atoms with Crippen molar-refractivity contribution in [1.82, 2.24) is 0 Å². The molecule has 1 aliphatic carbocycles. The molecule has 1 aromatic rings. The minimum Gasteiger partial charge on any atom is -0.396 e. The van der Waals surface area contributed by atoms with Crippen LogP contribution in [0.25, 0.3) is 0 Å². The van der Waals surface area contributed by atoms with E-state index >= 15 is 0 Å². The molecule has 0 aliphatic heterocycles. The first-order valence-corrected chi connectivity index (χ1v) is 6.41. The maximum absolute atomic E-state index is 9.26. The number of fused-ring (bicyclic) bond motifs is 1. The van der Waals surface area contributed by atoms with E-state index in [1.807, 2.05) is 0 Å². The second kappa shape index (κ2) is 4.67. The molecule has 2 unspecified atom stereocenters. The van der Waals surface area contributed by atoms with Crippen molar-refractivity contribution >= 4 is 15.9 Å². The van der Waals surface area contributed by atoms with Crippen LogP contribution in [-0.2, 0) is 6.42 Å². The van der Waals surface area contributed by atoms with E-state index < -0.39 is 0 Å². The Morgan fingerprint density at radius 1 is 1.53 bits per heavy atom. The van der Waals surface area contributed by atoms with Crippen LogP contribution in [0.3, 0.4) is 0 Å². The third-order valence-electron chi connectivity index (χ3n) is 3.44. The fourth-order valence-electron chi connectivity index (χ4n) is 2.54. The van der Waals surface area contributed by atoms with Gasteiger partial charge in [-0.05, 0) is 54.4 Å². The van der Waals surface area contributed by atoms with Crippen LogP contribution >= 0.6 is 15.9 Å². The second-order valence-electron chi connectivity index (χ2n) is 4.50. The summed E-state index contributed by atoms with van der Waals surface area (Å²) < 4.78 is 1.17. The lowest BCUT2D eigenvalue weighted by atomic mass is 9.77. The summed E-state index contributed by atoms with van der Waals surface area (Å²) in [6.45, 7) is 2.43. The Hall–Kier alpha value is -0.340. The average Bonchev–Trinajstić information content (AvgIpc) is 2.26. The van der Waals surface area contributed by atoms with Crippen LogP contribution < -0.4 is 0 Å². The number of aliphatic hydroxyl groups is 1. The van der Waals surface area contributed by atoms with Crippen LogP contribution in [0.2, 0.25) is 0 Å². The quantitative estimate of drug-likeness (QED) is 0.871. The highest BCUT2D eigenvalue weighted by molar-refractivity contribution is 9.10. The molecular weight excluding hydrogens is 252 g/mol.